The highest BCUT2D eigenvalue weighted by molar-refractivity contribution is 6.01. The molecule has 0 bridgehead atoms. The van der Waals surface area contributed by atoms with E-state index in [1.165, 1.54) is 12.1 Å². The van der Waals surface area contributed by atoms with Crippen molar-refractivity contribution in [1.82, 2.24) is 5.32 Å². The summed E-state index contributed by atoms with van der Waals surface area (Å²) in [6.45, 7) is 2.37. The zero-order chi connectivity index (χ0) is 15.5. The average molecular weight is 301 g/mol. The molecular formula is C16H16FN3O2. The molecule has 0 spiro atoms. The van der Waals surface area contributed by atoms with Crippen molar-refractivity contribution >= 4 is 11.5 Å². The standard InChI is InChI=1S/C16H16FN3O2/c1-10-19-16(20-22-10)14-7-6-13(8-15(14)21)18-9-11-2-4-12(17)5-3-11/h2-8,10,18,21H,9H2,1H3,(H,19,20). The van der Waals surface area contributed by atoms with Gasteiger partial charge in [0, 0.05) is 18.3 Å². The number of aromatic hydroxyl groups is 1. The average Bonchev–Trinajstić information content (AvgIpc) is 2.93. The van der Waals surface area contributed by atoms with Gasteiger partial charge in [0.2, 0.25) is 0 Å². The van der Waals surface area contributed by atoms with E-state index in [0.717, 1.165) is 11.3 Å². The van der Waals surface area contributed by atoms with Crippen molar-refractivity contribution in [1.29, 1.82) is 0 Å². The topological polar surface area (TPSA) is 65.9 Å². The fraction of sp³-hybridized carbons (Fsp3) is 0.188. The molecule has 1 aliphatic rings. The van der Waals surface area contributed by atoms with Crippen LogP contribution >= 0.6 is 0 Å². The number of amidine groups is 1. The second-order valence-corrected chi connectivity index (χ2v) is 5.04. The minimum absolute atomic E-state index is 0.105. The minimum Gasteiger partial charge on any atom is -0.507 e. The van der Waals surface area contributed by atoms with Crippen LogP contribution in [0.3, 0.4) is 0 Å². The molecule has 1 unspecified atom stereocenters. The number of anilines is 1. The fourth-order valence-electron chi connectivity index (χ4n) is 2.15. The first kappa shape index (κ1) is 14.2. The fourth-order valence-corrected chi connectivity index (χ4v) is 2.15. The number of phenolic OH excluding ortho intramolecular Hbond substituents is 1. The molecule has 6 heteroatoms. The van der Waals surface area contributed by atoms with Crippen LogP contribution in [0.4, 0.5) is 10.1 Å². The summed E-state index contributed by atoms with van der Waals surface area (Å²) < 4.78 is 12.8. The number of benzene rings is 2. The lowest BCUT2D eigenvalue weighted by molar-refractivity contribution is 0.0874. The van der Waals surface area contributed by atoms with Crippen LogP contribution < -0.4 is 10.6 Å². The van der Waals surface area contributed by atoms with E-state index in [-0.39, 0.29) is 17.8 Å². The number of nitrogens with one attached hydrogen (secondary N) is 2. The first-order valence-corrected chi connectivity index (χ1v) is 6.94. The van der Waals surface area contributed by atoms with E-state index >= 15 is 0 Å². The van der Waals surface area contributed by atoms with Crippen molar-refractivity contribution in [3.8, 4) is 5.75 Å². The molecule has 0 saturated heterocycles. The number of oxime groups is 1. The number of hydrogen-bond donors (Lipinski definition) is 3. The van der Waals surface area contributed by atoms with Gasteiger partial charge in [0.15, 0.2) is 12.1 Å². The van der Waals surface area contributed by atoms with Crippen molar-refractivity contribution < 1.29 is 14.3 Å². The highest BCUT2D eigenvalue weighted by Gasteiger charge is 2.18. The Morgan fingerprint density at radius 2 is 2.05 bits per heavy atom. The number of halogens is 1. The normalized spacial score (nSPS) is 16.6. The zero-order valence-electron chi connectivity index (χ0n) is 12.0. The lowest BCUT2D eigenvalue weighted by Gasteiger charge is -2.10. The summed E-state index contributed by atoms with van der Waals surface area (Å²) in [5.41, 5.74) is 2.30. The molecule has 2 aromatic rings. The number of nitrogens with zero attached hydrogens (tertiary/aromatic N) is 1. The van der Waals surface area contributed by atoms with Gasteiger partial charge >= 0.3 is 0 Å². The van der Waals surface area contributed by atoms with Gasteiger partial charge in [0.25, 0.3) is 0 Å². The first-order chi connectivity index (χ1) is 10.6. The molecule has 0 radical (unpaired) electrons. The number of hydrogen-bond acceptors (Lipinski definition) is 5. The van der Waals surface area contributed by atoms with Crippen molar-refractivity contribution in [2.45, 2.75) is 19.7 Å². The third-order valence-electron chi connectivity index (χ3n) is 3.30. The summed E-state index contributed by atoms with van der Waals surface area (Å²) in [7, 11) is 0. The molecule has 22 heavy (non-hydrogen) atoms. The van der Waals surface area contributed by atoms with Crippen molar-refractivity contribution in [2.75, 3.05) is 5.32 Å². The molecule has 0 aliphatic carbocycles. The van der Waals surface area contributed by atoms with Crippen molar-refractivity contribution in [3.63, 3.8) is 0 Å². The summed E-state index contributed by atoms with van der Waals surface area (Å²) in [6, 6.07) is 11.5. The Hall–Kier alpha value is -2.76. The Labute approximate surface area is 127 Å². The van der Waals surface area contributed by atoms with E-state index in [1.807, 2.05) is 13.0 Å². The van der Waals surface area contributed by atoms with Gasteiger partial charge in [-0.15, -0.1) is 0 Å². The second kappa shape index (κ2) is 5.93. The smallest absolute Gasteiger partial charge is 0.196 e. The van der Waals surface area contributed by atoms with Gasteiger partial charge in [-0.05, 0) is 36.8 Å². The number of phenols is 1. The Bertz CT molecular complexity index is 701. The van der Waals surface area contributed by atoms with E-state index in [2.05, 4.69) is 15.8 Å². The molecular weight excluding hydrogens is 285 g/mol. The van der Waals surface area contributed by atoms with E-state index in [1.54, 1.807) is 24.3 Å². The number of rotatable bonds is 4. The maximum absolute atomic E-state index is 12.8. The summed E-state index contributed by atoms with van der Waals surface area (Å²) >= 11 is 0. The van der Waals surface area contributed by atoms with E-state index in [0.29, 0.717) is 17.9 Å². The molecule has 0 amide bonds. The summed E-state index contributed by atoms with van der Waals surface area (Å²) in [5, 5.41) is 20.2. The van der Waals surface area contributed by atoms with Crippen LogP contribution in [0.25, 0.3) is 0 Å². The van der Waals surface area contributed by atoms with Crippen LogP contribution in [0.1, 0.15) is 18.1 Å². The van der Waals surface area contributed by atoms with E-state index in [9.17, 15) is 9.50 Å². The van der Waals surface area contributed by atoms with Gasteiger partial charge in [-0.25, -0.2) is 4.39 Å². The van der Waals surface area contributed by atoms with Gasteiger partial charge in [-0.3, -0.25) is 0 Å². The van der Waals surface area contributed by atoms with Crippen molar-refractivity contribution in [3.05, 3.63) is 59.4 Å². The molecule has 5 nitrogen and oxygen atoms in total. The van der Waals surface area contributed by atoms with Crippen LogP contribution in [-0.2, 0) is 11.4 Å². The first-order valence-electron chi connectivity index (χ1n) is 6.94. The third-order valence-corrected chi connectivity index (χ3v) is 3.30. The summed E-state index contributed by atoms with van der Waals surface area (Å²) in [6.07, 6.45) is -0.203. The van der Waals surface area contributed by atoms with Crippen molar-refractivity contribution in [2.24, 2.45) is 5.16 Å². The Morgan fingerprint density at radius 3 is 2.68 bits per heavy atom. The van der Waals surface area contributed by atoms with E-state index in [4.69, 9.17) is 4.84 Å². The predicted molar refractivity (Wildman–Crippen MR) is 82.1 cm³/mol. The third kappa shape index (κ3) is 3.11. The molecule has 3 rings (SSSR count). The molecule has 1 aliphatic heterocycles. The molecule has 3 N–H and O–H groups in total. The monoisotopic (exact) mass is 301 g/mol. The molecule has 1 heterocycles. The Kier molecular flexibility index (Phi) is 3.82. The van der Waals surface area contributed by atoms with Gasteiger partial charge in [0.05, 0.1) is 5.56 Å². The van der Waals surface area contributed by atoms with Gasteiger partial charge in [-0.1, -0.05) is 17.3 Å². The zero-order valence-corrected chi connectivity index (χ0v) is 12.0. The molecule has 1 atom stereocenters. The maximum Gasteiger partial charge on any atom is 0.196 e. The van der Waals surface area contributed by atoms with Crippen LogP contribution in [-0.4, -0.2) is 17.2 Å². The lowest BCUT2D eigenvalue weighted by atomic mass is 10.1. The lowest BCUT2D eigenvalue weighted by Crippen LogP contribution is -2.27. The van der Waals surface area contributed by atoms with E-state index < -0.39 is 0 Å². The van der Waals surface area contributed by atoms with Gasteiger partial charge in [0.1, 0.15) is 11.6 Å². The van der Waals surface area contributed by atoms with Crippen LogP contribution in [0.15, 0.2) is 47.6 Å². The Balaban J connectivity index is 1.68. The highest BCUT2D eigenvalue weighted by Crippen LogP contribution is 2.24. The molecule has 0 aromatic heterocycles. The largest absolute Gasteiger partial charge is 0.507 e. The molecule has 114 valence electrons. The SMILES string of the molecule is CC1NC(c2ccc(NCc3ccc(F)cc3)cc2O)=NO1. The summed E-state index contributed by atoms with van der Waals surface area (Å²) in [5.74, 6) is 0.357. The molecule has 0 saturated carbocycles. The maximum atomic E-state index is 12.8. The van der Waals surface area contributed by atoms with Gasteiger partial charge in [-0.2, -0.15) is 0 Å². The predicted octanol–water partition coefficient (Wildman–Crippen LogP) is 2.77. The highest BCUT2D eigenvalue weighted by atomic mass is 19.1. The molecule has 0 fully saturated rings. The van der Waals surface area contributed by atoms with Gasteiger partial charge < -0.3 is 20.6 Å². The second-order valence-electron chi connectivity index (χ2n) is 5.04. The Morgan fingerprint density at radius 1 is 1.27 bits per heavy atom. The minimum atomic E-state index is -0.257. The quantitative estimate of drug-likeness (QED) is 0.812. The van der Waals surface area contributed by atoms with Crippen LogP contribution in [0.2, 0.25) is 0 Å². The van der Waals surface area contributed by atoms with Crippen LogP contribution in [0.5, 0.6) is 5.75 Å². The van der Waals surface area contributed by atoms with Crippen LogP contribution in [0, 0.1) is 5.82 Å². The summed E-state index contributed by atoms with van der Waals surface area (Å²) in [4.78, 5) is 5.04. The molecule has 2 aromatic carbocycles.